The van der Waals surface area contributed by atoms with Crippen molar-refractivity contribution in [2.24, 2.45) is 0 Å². The topological polar surface area (TPSA) is 61.9 Å². The van der Waals surface area contributed by atoms with E-state index in [1.165, 1.54) is 6.07 Å². The summed E-state index contributed by atoms with van der Waals surface area (Å²) in [7, 11) is 1.95. The third-order valence-electron chi connectivity index (χ3n) is 3.55. The molecule has 0 amide bonds. The van der Waals surface area contributed by atoms with Gasteiger partial charge in [0.05, 0.1) is 17.1 Å². The summed E-state index contributed by atoms with van der Waals surface area (Å²) in [5.41, 5.74) is 2.84. The molecular weight excluding hydrogens is 359 g/mol. The van der Waals surface area contributed by atoms with Crippen molar-refractivity contribution in [3.8, 4) is 11.4 Å². The van der Waals surface area contributed by atoms with Crippen LogP contribution in [0.2, 0.25) is 10.0 Å². The minimum atomic E-state index is -0.0835. The molecule has 0 spiro atoms. The average molecular weight is 375 g/mol. The maximum absolute atomic E-state index is 12.0. The molecule has 0 saturated heterocycles. The van der Waals surface area contributed by atoms with Gasteiger partial charge in [-0.15, -0.1) is 0 Å². The van der Waals surface area contributed by atoms with Gasteiger partial charge < -0.3 is 4.98 Å². The van der Waals surface area contributed by atoms with Crippen LogP contribution in [0.1, 0.15) is 11.4 Å². The molecule has 0 saturated carbocycles. The Morgan fingerprint density at radius 3 is 2.44 bits per heavy atom. The molecule has 3 aromatic heterocycles. The standard InChI is InChI=1S/C18H16Cl2N4O/c1-24(10-14-6-12(19)2-4-21-14)11-15-8-16(25)9-18(23-15)17-7-13(20)3-5-22-17/h2-9H,10-11H2,1H3,(H,23,25). The number of H-pyrrole nitrogens is 1. The molecule has 0 bridgehead atoms. The molecule has 7 heteroatoms. The van der Waals surface area contributed by atoms with E-state index >= 15 is 0 Å². The number of hydrogen-bond donors (Lipinski definition) is 1. The summed E-state index contributed by atoms with van der Waals surface area (Å²) in [4.78, 5) is 25.9. The highest BCUT2D eigenvalue weighted by atomic mass is 35.5. The fourth-order valence-electron chi connectivity index (χ4n) is 2.53. The first-order chi connectivity index (χ1) is 12.0. The Morgan fingerprint density at radius 1 is 1.00 bits per heavy atom. The molecule has 0 aliphatic heterocycles. The van der Waals surface area contributed by atoms with Crippen LogP contribution in [0, 0.1) is 0 Å². The summed E-state index contributed by atoms with van der Waals surface area (Å²) in [5, 5.41) is 1.22. The van der Waals surface area contributed by atoms with Gasteiger partial charge in [0.2, 0.25) is 0 Å². The number of nitrogens with one attached hydrogen (secondary N) is 1. The van der Waals surface area contributed by atoms with Gasteiger partial charge in [-0.25, -0.2) is 0 Å². The lowest BCUT2D eigenvalue weighted by Gasteiger charge is -2.16. The van der Waals surface area contributed by atoms with Crippen molar-refractivity contribution in [1.29, 1.82) is 0 Å². The zero-order chi connectivity index (χ0) is 17.8. The molecule has 0 aliphatic carbocycles. The van der Waals surface area contributed by atoms with Crippen LogP contribution in [0.15, 0.2) is 53.6 Å². The lowest BCUT2D eigenvalue weighted by Crippen LogP contribution is -2.20. The number of hydrogen-bond acceptors (Lipinski definition) is 4. The van der Waals surface area contributed by atoms with Crippen LogP contribution < -0.4 is 5.43 Å². The molecule has 25 heavy (non-hydrogen) atoms. The first-order valence-electron chi connectivity index (χ1n) is 7.64. The Bertz CT molecular complexity index is 942. The normalized spacial score (nSPS) is 11.0. The number of aromatic amines is 1. The van der Waals surface area contributed by atoms with E-state index in [2.05, 4.69) is 15.0 Å². The zero-order valence-corrected chi connectivity index (χ0v) is 15.1. The molecule has 3 aromatic rings. The highest BCUT2D eigenvalue weighted by Crippen LogP contribution is 2.18. The summed E-state index contributed by atoms with van der Waals surface area (Å²) in [6.07, 6.45) is 3.29. The molecule has 5 nitrogen and oxygen atoms in total. The van der Waals surface area contributed by atoms with Crippen molar-refractivity contribution in [2.45, 2.75) is 13.1 Å². The van der Waals surface area contributed by atoms with Gasteiger partial charge >= 0.3 is 0 Å². The Morgan fingerprint density at radius 2 is 1.72 bits per heavy atom. The Hall–Kier alpha value is -2.21. The van der Waals surface area contributed by atoms with E-state index in [0.29, 0.717) is 34.5 Å². The Labute approximate surface area is 155 Å². The summed E-state index contributed by atoms with van der Waals surface area (Å²) in [6, 6.07) is 10.1. The van der Waals surface area contributed by atoms with Gasteiger partial charge in [-0.3, -0.25) is 19.7 Å². The predicted octanol–water partition coefficient (Wildman–Crippen LogP) is 3.77. The van der Waals surface area contributed by atoms with Gasteiger partial charge in [0.25, 0.3) is 0 Å². The van der Waals surface area contributed by atoms with Gasteiger partial charge in [0.1, 0.15) is 0 Å². The number of rotatable bonds is 5. The molecule has 0 radical (unpaired) electrons. The Balaban J connectivity index is 1.79. The molecular formula is C18H16Cl2N4O. The molecule has 0 fully saturated rings. The Kier molecular flexibility index (Phi) is 5.48. The van der Waals surface area contributed by atoms with Crippen molar-refractivity contribution in [1.82, 2.24) is 19.9 Å². The summed E-state index contributed by atoms with van der Waals surface area (Å²) < 4.78 is 0. The second kappa shape index (κ2) is 7.78. The minimum Gasteiger partial charge on any atom is -0.356 e. The highest BCUT2D eigenvalue weighted by Gasteiger charge is 2.08. The molecule has 0 atom stereocenters. The van der Waals surface area contributed by atoms with Crippen molar-refractivity contribution in [3.63, 3.8) is 0 Å². The maximum Gasteiger partial charge on any atom is 0.182 e. The van der Waals surface area contributed by atoms with Crippen LogP contribution in [0.4, 0.5) is 0 Å². The number of nitrogens with zero attached hydrogens (tertiary/aromatic N) is 3. The lowest BCUT2D eigenvalue weighted by molar-refractivity contribution is 0.311. The van der Waals surface area contributed by atoms with E-state index in [9.17, 15) is 4.79 Å². The van der Waals surface area contributed by atoms with Crippen LogP contribution in [0.25, 0.3) is 11.4 Å². The monoisotopic (exact) mass is 374 g/mol. The maximum atomic E-state index is 12.0. The van der Waals surface area contributed by atoms with E-state index < -0.39 is 0 Å². The van der Waals surface area contributed by atoms with Crippen molar-refractivity contribution in [2.75, 3.05) is 7.05 Å². The number of aromatic nitrogens is 3. The van der Waals surface area contributed by atoms with Crippen molar-refractivity contribution < 1.29 is 0 Å². The molecule has 128 valence electrons. The SMILES string of the molecule is CN(Cc1cc(Cl)ccn1)Cc1cc(=O)cc(-c2cc(Cl)ccn2)[nH]1. The molecule has 0 aromatic carbocycles. The van der Waals surface area contributed by atoms with Crippen LogP contribution in [-0.2, 0) is 13.1 Å². The second-order valence-corrected chi connectivity index (χ2v) is 6.62. The van der Waals surface area contributed by atoms with Crippen molar-refractivity contribution >= 4 is 23.2 Å². The third kappa shape index (κ3) is 4.89. The smallest absolute Gasteiger partial charge is 0.182 e. The molecule has 0 unspecified atom stereocenters. The van der Waals surface area contributed by atoms with E-state index in [1.807, 2.05) is 18.0 Å². The zero-order valence-electron chi connectivity index (χ0n) is 13.5. The van der Waals surface area contributed by atoms with Crippen LogP contribution in [0.3, 0.4) is 0 Å². The molecule has 1 N–H and O–H groups in total. The van der Waals surface area contributed by atoms with Gasteiger partial charge in [-0.2, -0.15) is 0 Å². The van der Waals surface area contributed by atoms with Crippen LogP contribution >= 0.6 is 23.2 Å². The summed E-state index contributed by atoms with van der Waals surface area (Å²) in [5.74, 6) is 0. The predicted molar refractivity (Wildman–Crippen MR) is 99.7 cm³/mol. The number of halogens is 2. The van der Waals surface area contributed by atoms with Gasteiger partial charge in [-0.1, -0.05) is 23.2 Å². The fourth-order valence-corrected chi connectivity index (χ4v) is 2.88. The third-order valence-corrected chi connectivity index (χ3v) is 4.02. The molecule has 3 rings (SSSR count). The van der Waals surface area contributed by atoms with E-state index in [4.69, 9.17) is 23.2 Å². The lowest BCUT2D eigenvalue weighted by atomic mass is 10.2. The van der Waals surface area contributed by atoms with E-state index in [1.54, 1.807) is 36.7 Å². The first kappa shape index (κ1) is 17.6. The average Bonchev–Trinajstić information content (AvgIpc) is 2.54. The van der Waals surface area contributed by atoms with E-state index in [0.717, 1.165) is 11.4 Å². The largest absolute Gasteiger partial charge is 0.356 e. The van der Waals surface area contributed by atoms with Crippen LogP contribution in [-0.4, -0.2) is 26.9 Å². The van der Waals surface area contributed by atoms with Gasteiger partial charge in [0.15, 0.2) is 5.43 Å². The minimum absolute atomic E-state index is 0.0835. The molecule has 3 heterocycles. The number of pyridine rings is 3. The van der Waals surface area contributed by atoms with E-state index in [-0.39, 0.29) is 5.43 Å². The van der Waals surface area contributed by atoms with Crippen molar-refractivity contribution in [3.05, 3.63) is 80.4 Å². The quantitative estimate of drug-likeness (QED) is 0.738. The fraction of sp³-hybridized carbons (Fsp3) is 0.167. The van der Waals surface area contributed by atoms with Gasteiger partial charge in [0, 0.05) is 53.4 Å². The second-order valence-electron chi connectivity index (χ2n) is 5.75. The molecule has 0 aliphatic rings. The summed E-state index contributed by atoms with van der Waals surface area (Å²) >= 11 is 12.0. The van der Waals surface area contributed by atoms with Crippen LogP contribution in [0.5, 0.6) is 0 Å². The first-order valence-corrected chi connectivity index (χ1v) is 8.39. The highest BCUT2D eigenvalue weighted by molar-refractivity contribution is 6.31. The summed E-state index contributed by atoms with van der Waals surface area (Å²) in [6.45, 7) is 1.17. The van der Waals surface area contributed by atoms with Gasteiger partial charge in [-0.05, 0) is 31.3 Å².